The maximum absolute atomic E-state index is 12.3. The van der Waals surface area contributed by atoms with Gasteiger partial charge in [0.15, 0.2) is 5.13 Å². The van der Waals surface area contributed by atoms with Gasteiger partial charge in [0, 0.05) is 10.4 Å². The third kappa shape index (κ3) is 2.97. The van der Waals surface area contributed by atoms with E-state index in [9.17, 15) is 4.79 Å². The molecule has 0 atom stereocenters. The van der Waals surface area contributed by atoms with Crippen LogP contribution in [0.3, 0.4) is 0 Å². The number of carbonyl (C=O) groups excluding carboxylic acids is 1. The fourth-order valence-corrected chi connectivity index (χ4v) is 3.92. The zero-order valence-corrected chi connectivity index (χ0v) is 14.2. The highest BCUT2D eigenvalue weighted by molar-refractivity contribution is 7.15. The second-order valence-electron chi connectivity index (χ2n) is 5.86. The predicted molar refractivity (Wildman–Crippen MR) is 93.1 cm³/mol. The van der Waals surface area contributed by atoms with Crippen molar-refractivity contribution in [2.24, 2.45) is 0 Å². The molecule has 1 N–H and O–H groups in total. The number of carbonyl (C=O) groups is 1. The molecule has 0 spiro atoms. The molecule has 0 aliphatic heterocycles. The van der Waals surface area contributed by atoms with Crippen molar-refractivity contribution in [2.75, 3.05) is 5.32 Å². The Morgan fingerprint density at radius 1 is 1.25 bits per heavy atom. The van der Waals surface area contributed by atoms with E-state index < -0.39 is 0 Å². The zero-order valence-electron chi connectivity index (χ0n) is 13.3. The lowest BCUT2D eigenvalue weighted by Gasteiger charge is -2.00. The summed E-state index contributed by atoms with van der Waals surface area (Å²) in [6.45, 7) is 1.83. The zero-order chi connectivity index (χ0) is 16.5. The number of hydrogen-bond acceptors (Lipinski definition) is 5. The van der Waals surface area contributed by atoms with Crippen LogP contribution in [-0.4, -0.2) is 15.9 Å². The lowest BCUT2D eigenvalue weighted by atomic mass is 10.2. The molecule has 1 aliphatic rings. The minimum atomic E-state index is -0.113. The Bertz CT molecular complexity index is 862. The molecule has 122 valence electrons. The van der Waals surface area contributed by atoms with Crippen molar-refractivity contribution in [3.05, 3.63) is 52.4 Å². The van der Waals surface area contributed by atoms with Gasteiger partial charge in [-0.25, -0.2) is 9.97 Å². The number of aromatic nitrogens is 2. The van der Waals surface area contributed by atoms with Crippen molar-refractivity contribution in [2.45, 2.75) is 32.6 Å². The van der Waals surface area contributed by atoms with Gasteiger partial charge < -0.3 is 9.73 Å². The fraction of sp³-hybridized carbons (Fsp3) is 0.278. The second-order valence-corrected chi connectivity index (χ2v) is 6.94. The largest absolute Gasteiger partial charge is 0.441 e. The van der Waals surface area contributed by atoms with Gasteiger partial charge in [0.05, 0.1) is 17.8 Å². The smallest absolute Gasteiger partial charge is 0.232 e. The number of thiazole rings is 1. The normalized spacial score (nSPS) is 13.0. The van der Waals surface area contributed by atoms with Gasteiger partial charge >= 0.3 is 0 Å². The van der Waals surface area contributed by atoms with Crippen LogP contribution in [0.4, 0.5) is 5.13 Å². The first-order valence-corrected chi connectivity index (χ1v) is 8.81. The van der Waals surface area contributed by atoms with Crippen LogP contribution >= 0.6 is 11.3 Å². The van der Waals surface area contributed by atoms with E-state index in [0.29, 0.717) is 22.5 Å². The van der Waals surface area contributed by atoms with E-state index in [4.69, 9.17) is 4.42 Å². The quantitative estimate of drug-likeness (QED) is 0.785. The Kier molecular flexibility index (Phi) is 3.90. The van der Waals surface area contributed by atoms with Crippen LogP contribution in [0.1, 0.15) is 28.4 Å². The molecule has 6 heteroatoms. The Morgan fingerprint density at radius 3 is 2.88 bits per heavy atom. The summed E-state index contributed by atoms with van der Waals surface area (Å²) in [6, 6.07) is 9.68. The molecule has 2 heterocycles. The second kappa shape index (κ2) is 6.20. The SMILES string of the molecule is Cc1oc(-c2ccccc2)nc1CC(=O)Nc1nc2c(s1)CCC2. The highest BCUT2D eigenvalue weighted by Crippen LogP contribution is 2.30. The van der Waals surface area contributed by atoms with Crippen LogP contribution in [0.5, 0.6) is 0 Å². The first-order chi connectivity index (χ1) is 11.7. The highest BCUT2D eigenvalue weighted by atomic mass is 32.1. The summed E-state index contributed by atoms with van der Waals surface area (Å²) in [5.41, 5.74) is 2.71. The number of aryl methyl sites for hydroxylation is 3. The number of hydrogen-bond donors (Lipinski definition) is 1. The Balaban J connectivity index is 1.46. The van der Waals surface area contributed by atoms with E-state index >= 15 is 0 Å². The Labute approximate surface area is 143 Å². The third-order valence-corrected chi connectivity index (χ3v) is 5.16. The van der Waals surface area contributed by atoms with Gasteiger partial charge in [-0.1, -0.05) is 18.2 Å². The van der Waals surface area contributed by atoms with Gasteiger partial charge in [0.2, 0.25) is 11.8 Å². The topological polar surface area (TPSA) is 68.0 Å². The van der Waals surface area contributed by atoms with Crippen molar-refractivity contribution in [1.82, 2.24) is 9.97 Å². The summed E-state index contributed by atoms with van der Waals surface area (Å²) in [5, 5.41) is 3.57. The minimum absolute atomic E-state index is 0.113. The predicted octanol–water partition coefficient (Wildman–Crippen LogP) is 3.78. The van der Waals surface area contributed by atoms with Crippen molar-refractivity contribution in [3.63, 3.8) is 0 Å². The van der Waals surface area contributed by atoms with Gasteiger partial charge in [0.25, 0.3) is 0 Å². The molecule has 1 aromatic carbocycles. The number of fused-ring (bicyclic) bond motifs is 1. The van der Waals surface area contributed by atoms with E-state index in [1.54, 1.807) is 11.3 Å². The molecular formula is C18H17N3O2S. The van der Waals surface area contributed by atoms with Gasteiger partial charge in [-0.15, -0.1) is 11.3 Å². The first kappa shape index (κ1) is 15.1. The van der Waals surface area contributed by atoms with E-state index in [1.165, 1.54) is 11.3 Å². The number of benzene rings is 1. The number of oxazole rings is 1. The summed E-state index contributed by atoms with van der Waals surface area (Å²) in [4.78, 5) is 22.5. The third-order valence-electron chi connectivity index (χ3n) is 4.08. The molecule has 3 aromatic rings. The molecule has 0 fully saturated rings. The Morgan fingerprint density at radius 2 is 2.08 bits per heavy atom. The van der Waals surface area contributed by atoms with Crippen LogP contribution < -0.4 is 5.32 Å². The van der Waals surface area contributed by atoms with E-state index in [-0.39, 0.29) is 12.3 Å². The molecule has 1 aliphatic carbocycles. The fourth-order valence-electron chi connectivity index (χ4n) is 2.86. The molecule has 2 aromatic heterocycles. The lowest BCUT2D eigenvalue weighted by molar-refractivity contribution is -0.115. The highest BCUT2D eigenvalue weighted by Gasteiger charge is 2.19. The van der Waals surface area contributed by atoms with E-state index in [0.717, 1.165) is 24.1 Å². The molecule has 1 amide bonds. The number of nitrogens with zero attached hydrogens (tertiary/aromatic N) is 2. The average molecular weight is 339 g/mol. The molecule has 24 heavy (non-hydrogen) atoms. The molecule has 4 rings (SSSR count). The molecule has 5 nitrogen and oxygen atoms in total. The van der Waals surface area contributed by atoms with Crippen LogP contribution in [0, 0.1) is 6.92 Å². The van der Waals surface area contributed by atoms with Crippen molar-refractivity contribution in [1.29, 1.82) is 0 Å². The van der Waals surface area contributed by atoms with E-state index in [1.807, 2.05) is 37.3 Å². The monoisotopic (exact) mass is 339 g/mol. The summed E-state index contributed by atoms with van der Waals surface area (Å²) in [7, 11) is 0. The maximum Gasteiger partial charge on any atom is 0.232 e. The summed E-state index contributed by atoms with van der Waals surface area (Å²) in [6.07, 6.45) is 3.45. The van der Waals surface area contributed by atoms with Crippen LogP contribution in [0.2, 0.25) is 0 Å². The van der Waals surface area contributed by atoms with Crippen LogP contribution in [-0.2, 0) is 24.1 Å². The number of rotatable bonds is 4. The number of anilines is 1. The molecule has 0 saturated carbocycles. The molecule has 0 unspecified atom stereocenters. The number of amides is 1. The van der Waals surface area contributed by atoms with Crippen LogP contribution in [0.25, 0.3) is 11.5 Å². The summed E-state index contributed by atoms with van der Waals surface area (Å²) in [5.74, 6) is 1.10. The van der Waals surface area contributed by atoms with Gasteiger partial charge in [-0.05, 0) is 38.3 Å². The first-order valence-electron chi connectivity index (χ1n) is 7.99. The van der Waals surface area contributed by atoms with Crippen molar-refractivity contribution < 1.29 is 9.21 Å². The van der Waals surface area contributed by atoms with Gasteiger partial charge in [-0.2, -0.15) is 0 Å². The molecule has 0 saturated heterocycles. The molecule has 0 bridgehead atoms. The minimum Gasteiger partial charge on any atom is -0.441 e. The average Bonchev–Trinajstić information content (AvgIpc) is 3.24. The van der Waals surface area contributed by atoms with Crippen molar-refractivity contribution in [3.8, 4) is 11.5 Å². The summed E-state index contributed by atoms with van der Waals surface area (Å²) >= 11 is 1.58. The van der Waals surface area contributed by atoms with E-state index in [2.05, 4.69) is 15.3 Å². The lowest BCUT2D eigenvalue weighted by Crippen LogP contribution is -2.15. The van der Waals surface area contributed by atoms with Crippen LogP contribution in [0.15, 0.2) is 34.7 Å². The Hall–Kier alpha value is -2.47. The maximum atomic E-state index is 12.3. The van der Waals surface area contributed by atoms with Gasteiger partial charge in [-0.3, -0.25) is 4.79 Å². The summed E-state index contributed by atoms with van der Waals surface area (Å²) < 4.78 is 5.70. The number of nitrogens with one attached hydrogen (secondary N) is 1. The van der Waals surface area contributed by atoms with Gasteiger partial charge in [0.1, 0.15) is 5.76 Å². The molecule has 0 radical (unpaired) electrons. The molecular weight excluding hydrogens is 322 g/mol. The standard InChI is InChI=1S/C18H17N3O2S/c1-11-14(19-17(23-11)12-6-3-2-4-7-12)10-16(22)21-18-20-13-8-5-9-15(13)24-18/h2-4,6-7H,5,8-10H2,1H3,(H,20,21,22). The van der Waals surface area contributed by atoms with Crippen molar-refractivity contribution >= 4 is 22.4 Å².